The van der Waals surface area contributed by atoms with E-state index in [1.165, 1.54) is 69.8 Å². The molecule has 198 valence electrons. The molecule has 0 aliphatic carbocycles. The quantitative estimate of drug-likeness (QED) is 0.116. The van der Waals surface area contributed by atoms with Crippen molar-refractivity contribution in [1.82, 2.24) is 0 Å². The molecule has 0 saturated heterocycles. The van der Waals surface area contributed by atoms with Crippen LogP contribution in [0.3, 0.4) is 0 Å². The molecule has 5 nitrogen and oxygen atoms in total. The number of esters is 2. The maximum absolute atomic E-state index is 12.5. The summed E-state index contributed by atoms with van der Waals surface area (Å²) in [5.74, 6) is -0.283. The summed E-state index contributed by atoms with van der Waals surface area (Å²) in [6, 6.07) is 22.1. The van der Waals surface area contributed by atoms with Gasteiger partial charge in [0, 0.05) is 0 Å². The average molecular weight is 512 g/mol. The molecule has 5 heteroatoms. The van der Waals surface area contributed by atoms with Crippen LogP contribution in [0.5, 0.6) is 11.5 Å². The largest absolute Gasteiger partial charge is 0.423 e. The molecule has 0 bridgehead atoms. The zero-order valence-corrected chi connectivity index (χ0v) is 22.3. The SMILES string of the molecule is CCCCCCCCCCCCc1ccc(C(=O)Oc2ccc(C(=O)Oc3ccc(C#N)cc3)cc2)cc1. The number of rotatable bonds is 15. The number of carbonyl (C=O) groups is 2. The first-order chi connectivity index (χ1) is 18.6. The number of hydrogen-bond donors (Lipinski definition) is 0. The summed E-state index contributed by atoms with van der Waals surface area (Å²) < 4.78 is 10.8. The van der Waals surface area contributed by atoms with Gasteiger partial charge in [-0.15, -0.1) is 0 Å². The van der Waals surface area contributed by atoms with E-state index in [9.17, 15) is 9.59 Å². The first-order valence-electron chi connectivity index (χ1n) is 13.7. The summed E-state index contributed by atoms with van der Waals surface area (Å²) in [7, 11) is 0. The first-order valence-corrected chi connectivity index (χ1v) is 13.7. The Labute approximate surface area is 226 Å². The van der Waals surface area contributed by atoms with Gasteiger partial charge in [-0.3, -0.25) is 0 Å². The highest BCUT2D eigenvalue weighted by atomic mass is 16.5. The fraction of sp³-hybridized carbons (Fsp3) is 0.364. The van der Waals surface area contributed by atoms with Gasteiger partial charge in [-0.1, -0.05) is 76.8 Å². The second-order valence-electron chi connectivity index (χ2n) is 9.57. The van der Waals surface area contributed by atoms with Gasteiger partial charge < -0.3 is 9.47 Å². The highest BCUT2D eigenvalue weighted by molar-refractivity contribution is 5.92. The van der Waals surface area contributed by atoms with Crippen molar-refractivity contribution in [3.05, 3.63) is 95.1 Å². The third-order valence-corrected chi connectivity index (χ3v) is 6.50. The Morgan fingerprint density at radius 1 is 0.605 bits per heavy atom. The maximum atomic E-state index is 12.5. The van der Waals surface area contributed by atoms with E-state index < -0.39 is 11.9 Å². The predicted molar refractivity (Wildman–Crippen MR) is 150 cm³/mol. The molecule has 3 aromatic carbocycles. The van der Waals surface area contributed by atoms with Crippen molar-refractivity contribution in [1.29, 1.82) is 5.26 Å². The fourth-order valence-corrected chi connectivity index (χ4v) is 4.21. The van der Waals surface area contributed by atoms with Crippen LogP contribution < -0.4 is 9.47 Å². The molecular formula is C33H37NO4. The van der Waals surface area contributed by atoms with Gasteiger partial charge in [0.1, 0.15) is 11.5 Å². The normalized spacial score (nSPS) is 10.5. The third kappa shape index (κ3) is 9.86. The van der Waals surface area contributed by atoms with Crippen LogP contribution in [0.1, 0.15) is 103 Å². The van der Waals surface area contributed by atoms with Crippen molar-refractivity contribution >= 4 is 11.9 Å². The van der Waals surface area contributed by atoms with E-state index in [-0.39, 0.29) is 0 Å². The molecule has 3 aromatic rings. The Bertz CT molecular complexity index is 1180. The number of unbranched alkanes of at least 4 members (excludes halogenated alkanes) is 9. The first kappa shape index (κ1) is 28.7. The van der Waals surface area contributed by atoms with Crippen molar-refractivity contribution < 1.29 is 19.1 Å². The second-order valence-corrected chi connectivity index (χ2v) is 9.57. The maximum Gasteiger partial charge on any atom is 0.343 e. The van der Waals surface area contributed by atoms with Gasteiger partial charge in [0.15, 0.2) is 0 Å². The molecule has 0 spiro atoms. The lowest BCUT2D eigenvalue weighted by Crippen LogP contribution is -2.10. The minimum absolute atomic E-state index is 0.325. The van der Waals surface area contributed by atoms with E-state index in [1.807, 2.05) is 18.2 Å². The van der Waals surface area contributed by atoms with Crippen LogP contribution >= 0.6 is 0 Å². The number of benzene rings is 3. The van der Waals surface area contributed by atoms with E-state index in [0.29, 0.717) is 28.2 Å². The van der Waals surface area contributed by atoms with Gasteiger partial charge in [-0.05, 0) is 79.1 Å². The summed E-state index contributed by atoms with van der Waals surface area (Å²) in [6.45, 7) is 2.25. The minimum atomic E-state index is -0.536. The number of carbonyl (C=O) groups excluding carboxylic acids is 2. The van der Waals surface area contributed by atoms with Crippen LogP contribution in [0.4, 0.5) is 0 Å². The van der Waals surface area contributed by atoms with Gasteiger partial charge in [-0.2, -0.15) is 5.26 Å². The standard InChI is InChI=1S/C33H37NO4/c1-2-3-4-5-6-7-8-9-10-11-12-26-13-17-28(18-14-26)32(35)38-31-23-19-29(20-24-31)33(36)37-30-21-15-27(25-34)16-22-30/h13-24H,2-12H2,1H3. The number of ether oxygens (including phenoxy) is 2. The van der Waals surface area contributed by atoms with Gasteiger partial charge in [0.25, 0.3) is 0 Å². The van der Waals surface area contributed by atoms with Crippen molar-refractivity contribution in [2.75, 3.05) is 0 Å². The van der Waals surface area contributed by atoms with Crippen molar-refractivity contribution in [3.63, 3.8) is 0 Å². The second kappa shape index (κ2) is 16.0. The van der Waals surface area contributed by atoms with Gasteiger partial charge in [0.2, 0.25) is 0 Å². The molecule has 0 aliphatic rings. The van der Waals surface area contributed by atoms with E-state index in [4.69, 9.17) is 14.7 Å². The molecule has 3 rings (SSSR count). The molecule has 0 saturated carbocycles. The number of nitrogens with zero attached hydrogens (tertiary/aromatic N) is 1. The molecule has 0 heterocycles. The highest BCUT2D eigenvalue weighted by Crippen LogP contribution is 2.18. The molecule has 0 amide bonds. The van der Waals surface area contributed by atoms with E-state index in [0.717, 1.165) is 6.42 Å². The lowest BCUT2D eigenvalue weighted by atomic mass is 10.0. The van der Waals surface area contributed by atoms with Crippen LogP contribution in [0.15, 0.2) is 72.8 Å². The number of nitriles is 1. The molecular weight excluding hydrogens is 474 g/mol. The summed E-state index contributed by atoms with van der Waals surface area (Å²) in [4.78, 5) is 24.9. The topological polar surface area (TPSA) is 76.4 Å². The molecule has 0 N–H and O–H groups in total. The Morgan fingerprint density at radius 3 is 1.50 bits per heavy atom. The summed E-state index contributed by atoms with van der Waals surface area (Å²) in [5.41, 5.74) is 2.53. The summed E-state index contributed by atoms with van der Waals surface area (Å²) in [5, 5.41) is 8.85. The van der Waals surface area contributed by atoms with Crippen LogP contribution in [-0.2, 0) is 6.42 Å². The monoisotopic (exact) mass is 511 g/mol. The average Bonchev–Trinajstić information content (AvgIpc) is 2.95. The predicted octanol–water partition coefficient (Wildman–Crippen LogP) is 8.46. The number of aryl methyl sites for hydroxylation is 1. The van der Waals surface area contributed by atoms with Crippen LogP contribution in [0, 0.1) is 11.3 Å². The van der Waals surface area contributed by atoms with Gasteiger partial charge >= 0.3 is 11.9 Å². The smallest absolute Gasteiger partial charge is 0.343 e. The molecule has 0 atom stereocenters. The molecule has 0 unspecified atom stereocenters. The zero-order valence-electron chi connectivity index (χ0n) is 22.3. The molecule has 0 radical (unpaired) electrons. The van der Waals surface area contributed by atoms with E-state index >= 15 is 0 Å². The Balaban J connectivity index is 1.37. The van der Waals surface area contributed by atoms with Gasteiger partial charge in [0.05, 0.1) is 22.8 Å². The fourth-order valence-electron chi connectivity index (χ4n) is 4.21. The van der Waals surface area contributed by atoms with Crippen LogP contribution in [0.25, 0.3) is 0 Å². The van der Waals surface area contributed by atoms with E-state index in [2.05, 4.69) is 6.92 Å². The molecule has 0 aromatic heterocycles. The lowest BCUT2D eigenvalue weighted by molar-refractivity contribution is 0.0730. The Morgan fingerprint density at radius 2 is 1.03 bits per heavy atom. The summed E-state index contributed by atoms with van der Waals surface area (Å²) in [6.07, 6.45) is 14.2. The van der Waals surface area contributed by atoms with Crippen molar-refractivity contribution in [2.24, 2.45) is 0 Å². The zero-order chi connectivity index (χ0) is 27.0. The van der Waals surface area contributed by atoms with Gasteiger partial charge in [-0.25, -0.2) is 9.59 Å². The molecule has 38 heavy (non-hydrogen) atoms. The highest BCUT2D eigenvalue weighted by Gasteiger charge is 2.12. The lowest BCUT2D eigenvalue weighted by Gasteiger charge is -2.07. The number of hydrogen-bond acceptors (Lipinski definition) is 5. The third-order valence-electron chi connectivity index (χ3n) is 6.50. The summed E-state index contributed by atoms with van der Waals surface area (Å²) >= 11 is 0. The van der Waals surface area contributed by atoms with Crippen molar-refractivity contribution in [3.8, 4) is 17.6 Å². The van der Waals surface area contributed by atoms with E-state index in [1.54, 1.807) is 60.7 Å². The molecule has 0 fully saturated rings. The van der Waals surface area contributed by atoms with Crippen LogP contribution in [-0.4, -0.2) is 11.9 Å². The molecule has 0 aliphatic heterocycles. The Hall–Kier alpha value is -3.91. The van der Waals surface area contributed by atoms with Crippen LogP contribution in [0.2, 0.25) is 0 Å². The van der Waals surface area contributed by atoms with Crippen molar-refractivity contribution in [2.45, 2.75) is 77.6 Å². The Kier molecular flexibility index (Phi) is 12.1. The minimum Gasteiger partial charge on any atom is -0.423 e.